The fraction of sp³-hybridized carbons (Fsp3) is 0.636. The van der Waals surface area contributed by atoms with Crippen LogP contribution in [-0.4, -0.2) is 68.6 Å². The van der Waals surface area contributed by atoms with Gasteiger partial charge in [-0.15, -0.1) is 0 Å². The molecule has 6 heteroatoms. The molecule has 156 valence electrons. The standard InChI is InChI=1S/C22H34N2O4/c1-4-24(21(25)10-11-22(26)28-3)17-19-8-6-13-23(16-19)14-12-18-7-5-9-20(15-18)27-2/h5,7,9,15,19H,4,6,8,10-14,16-17H2,1-3H3. The van der Waals surface area contributed by atoms with Gasteiger partial charge in [0.25, 0.3) is 0 Å². The van der Waals surface area contributed by atoms with Gasteiger partial charge in [0, 0.05) is 32.6 Å². The van der Waals surface area contributed by atoms with Crippen molar-refractivity contribution in [3.8, 4) is 5.75 Å². The number of methoxy groups -OCH3 is 2. The molecule has 1 aromatic carbocycles. The molecule has 1 aliphatic rings. The van der Waals surface area contributed by atoms with Crippen LogP contribution >= 0.6 is 0 Å². The lowest BCUT2D eigenvalue weighted by molar-refractivity contribution is -0.143. The summed E-state index contributed by atoms with van der Waals surface area (Å²) in [5.74, 6) is 1.10. The van der Waals surface area contributed by atoms with E-state index in [2.05, 4.69) is 21.8 Å². The molecule has 0 saturated carbocycles. The Bertz CT molecular complexity index is 635. The van der Waals surface area contributed by atoms with Crippen LogP contribution in [0, 0.1) is 5.92 Å². The third-order valence-corrected chi connectivity index (χ3v) is 5.44. The van der Waals surface area contributed by atoms with Crippen LogP contribution in [0.5, 0.6) is 5.75 Å². The molecular formula is C22H34N2O4. The van der Waals surface area contributed by atoms with Crippen LogP contribution in [0.2, 0.25) is 0 Å². The van der Waals surface area contributed by atoms with E-state index in [1.54, 1.807) is 7.11 Å². The molecule has 28 heavy (non-hydrogen) atoms. The summed E-state index contributed by atoms with van der Waals surface area (Å²) >= 11 is 0. The summed E-state index contributed by atoms with van der Waals surface area (Å²) in [6.07, 6.45) is 3.70. The Hall–Kier alpha value is -2.08. The quantitative estimate of drug-likeness (QED) is 0.575. The van der Waals surface area contributed by atoms with Crippen LogP contribution in [-0.2, 0) is 20.7 Å². The van der Waals surface area contributed by atoms with E-state index in [0.717, 1.165) is 51.2 Å². The number of carbonyl (C=O) groups is 2. The minimum absolute atomic E-state index is 0.0430. The first-order valence-corrected chi connectivity index (χ1v) is 10.3. The van der Waals surface area contributed by atoms with E-state index in [0.29, 0.717) is 12.5 Å². The van der Waals surface area contributed by atoms with Crippen molar-refractivity contribution >= 4 is 11.9 Å². The van der Waals surface area contributed by atoms with Gasteiger partial charge in [-0.2, -0.15) is 0 Å². The van der Waals surface area contributed by atoms with Crippen molar-refractivity contribution < 1.29 is 19.1 Å². The Morgan fingerprint density at radius 1 is 1.25 bits per heavy atom. The number of piperidine rings is 1. The smallest absolute Gasteiger partial charge is 0.306 e. The molecule has 0 radical (unpaired) electrons. The molecule has 1 aliphatic heterocycles. The number of hydrogen-bond acceptors (Lipinski definition) is 5. The van der Waals surface area contributed by atoms with Gasteiger partial charge in [-0.1, -0.05) is 12.1 Å². The molecule has 1 aromatic rings. The summed E-state index contributed by atoms with van der Waals surface area (Å²) in [7, 11) is 3.05. The van der Waals surface area contributed by atoms with Crippen LogP contribution in [0.15, 0.2) is 24.3 Å². The highest BCUT2D eigenvalue weighted by atomic mass is 16.5. The summed E-state index contributed by atoms with van der Waals surface area (Å²) in [6, 6.07) is 8.24. The number of hydrogen-bond donors (Lipinski definition) is 0. The number of nitrogens with zero attached hydrogens (tertiary/aromatic N) is 2. The predicted octanol–water partition coefficient (Wildman–Crippen LogP) is 2.75. The van der Waals surface area contributed by atoms with Crippen LogP contribution in [0.4, 0.5) is 0 Å². The van der Waals surface area contributed by atoms with E-state index < -0.39 is 0 Å². The van der Waals surface area contributed by atoms with Gasteiger partial charge < -0.3 is 19.3 Å². The van der Waals surface area contributed by atoms with Crippen molar-refractivity contribution in [3.05, 3.63) is 29.8 Å². The van der Waals surface area contributed by atoms with E-state index in [4.69, 9.17) is 4.74 Å². The molecule has 1 fully saturated rings. The van der Waals surface area contributed by atoms with E-state index in [9.17, 15) is 9.59 Å². The van der Waals surface area contributed by atoms with E-state index in [1.807, 2.05) is 24.0 Å². The predicted molar refractivity (Wildman–Crippen MR) is 109 cm³/mol. The van der Waals surface area contributed by atoms with E-state index in [-0.39, 0.29) is 24.7 Å². The number of esters is 1. The van der Waals surface area contributed by atoms with Crippen molar-refractivity contribution in [2.24, 2.45) is 5.92 Å². The molecule has 0 N–H and O–H groups in total. The Labute approximate surface area is 168 Å². The zero-order chi connectivity index (χ0) is 20.4. The number of carbonyl (C=O) groups excluding carboxylic acids is 2. The number of amides is 1. The Morgan fingerprint density at radius 2 is 2.07 bits per heavy atom. The first-order valence-electron chi connectivity index (χ1n) is 10.3. The summed E-state index contributed by atoms with van der Waals surface area (Å²) in [5.41, 5.74) is 1.29. The van der Waals surface area contributed by atoms with Gasteiger partial charge >= 0.3 is 5.97 Å². The van der Waals surface area contributed by atoms with Gasteiger partial charge in [-0.3, -0.25) is 9.59 Å². The van der Waals surface area contributed by atoms with Crippen molar-refractivity contribution in [1.29, 1.82) is 0 Å². The molecule has 0 bridgehead atoms. The first kappa shape index (κ1) is 22.2. The third kappa shape index (κ3) is 7.15. The summed E-state index contributed by atoms with van der Waals surface area (Å²) < 4.78 is 9.94. The lowest BCUT2D eigenvalue weighted by atomic mass is 9.96. The molecule has 2 rings (SSSR count). The maximum atomic E-state index is 12.4. The molecule has 6 nitrogen and oxygen atoms in total. The second-order valence-corrected chi connectivity index (χ2v) is 7.42. The van der Waals surface area contributed by atoms with Gasteiger partial charge in [0.1, 0.15) is 5.75 Å². The van der Waals surface area contributed by atoms with Crippen molar-refractivity contribution in [2.45, 2.75) is 39.0 Å². The molecule has 0 aliphatic carbocycles. The average Bonchev–Trinajstić information content (AvgIpc) is 2.74. The van der Waals surface area contributed by atoms with Crippen LogP contribution in [0.25, 0.3) is 0 Å². The second kappa shape index (κ2) is 11.7. The molecule has 1 unspecified atom stereocenters. The maximum absolute atomic E-state index is 12.4. The number of likely N-dealkylation sites (tertiary alicyclic amines) is 1. The lowest BCUT2D eigenvalue weighted by Crippen LogP contribution is -2.43. The van der Waals surface area contributed by atoms with Gasteiger partial charge in [0.2, 0.25) is 5.91 Å². The van der Waals surface area contributed by atoms with E-state index in [1.165, 1.54) is 12.7 Å². The topological polar surface area (TPSA) is 59.1 Å². The fourth-order valence-corrected chi connectivity index (χ4v) is 3.81. The van der Waals surface area contributed by atoms with Gasteiger partial charge in [-0.05, 0) is 56.3 Å². The number of ether oxygens (including phenoxy) is 2. The Kier molecular flexibility index (Phi) is 9.28. The minimum atomic E-state index is -0.328. The zero-order valence-corrected chi connectivity index (χ0v) is 17.5. The van der Waals surface area contributed by atoms with Crippen LogP contribution in [0.3, 0.4) is 0 Å². The molecule has 1 saturated heterocycles. The summed E-state index contributed by atoms with van der Waals surface area (Å²) in [6.45, 7) is 6.60. The Morgan fingerprint density at radius 3 is 2.79 bits per heavy atom. The van der Waals surface area contributed by atoms with Gasteiger partial charge in [-0.25, -0.2) is 0 Å². The van der Waals surface area contributed by atoms with Crippen molar-refractivity contribution in [1.82, 2.24) is 9.80 Å². The van der Waals surface area contributed by atoms with Crippen molar-refractivity contribution in [3.63, 3.8) is 0 Å². The molecule has 1 heterocycles. The largest absolute Gasteiger partial charge is 0.497 e. The van der Waals surface area contributed by atoms with Crippen LogP contribution < -0.4 is 4.74 Å². The normalized spacial score (nSPS) is 17.2. The maximum Gasteiger partial charge on any atom is 0.306 e. The first-order chi connectivity index (χ1) is 13.5. The highest BCUT2D eigenvalue weighted by Crippen LogP contribution is 2.20. The lowest BCUT2D eigenvalue weighted by Gasteiger charge is -2.35. The van der Waals surface area contributed by atoms with Gasteiger partial charge in [0.15, 0.2) is 0 Å². The van der Waals surface area contributed by atoms with Crippen molar-refractivity contribution in [2.75, 3.05) is 46.9 Å². The average molecular weight is 391 g/mol. The second-order valence-electron chi connectivity index (χ2n) is 7.42. The monoisotopic (exact) mass is 390 g/mol. The molecule has 1 atom stereocenters. The highest BCUT2D eigenvalue weighted by Gasteiger charge is 2.24. The zero-order valence-electron chi connectivity index (χ0n) is 17.5. The number of benzene rings is 1. The molecule has 0 spiro atoms. The molecule has 1 amide bonds. The summed E-state index contributed by atoms with van der Waals surface area (Å²) in [5, 5.41) is 0. The highest BCUT2D eigenvalue weighted by molar-refractivity contribution is 5.81. The van der Waals surface area contributed by atoms with E-state index >= 15 is 0 Å². The van der Waals surface area contributed by atoms with Crippen LogP contribution in [0.1, 0.15) is 38.2 Å². The fourth-order valence-electron chi connectivity index (χ4n) is 3.81. The number of rotatable bonds is 10. The molecule has 0 aromatic heterocycles. The summed E-state index contributed by atoms with van der Waals surface area (Å²) in [4.78, 5) is 28.1. The SMILES string of the molecule is CCN(CC1CCCN(CCc2cccc(OC)c2)C1)C(=O)CCC(=O)OC. The third-order valence-electron chi connectivity index (χ3n) is 5.44. The molecular weight excluding hydrogens is 356 g/mol. The minimum Gasteiger partial charge on any atom is -0.497 e. The Balaban J connectivity index is 1.80. The van der Waals surface area contributed by atoms with Gasteiger partial charge in [0.05, 0.1) is 20.6 Å².